The Bertz CT molecular complexity index is 831. The molecule has 0 bridgehead atoms. The molecule has 0 atom stereocenters. The minimum absolute atomic E-state index is 0.281. The number of amides is 1. The smallest absolute Gasteiger partial charge is 0.338 e. The van der Waals surface area contributed by atoms with Crippen molar-refractivity contribution in [1.82, 2.24) is 14.9 Å². The molecular formula is C17H15N3O3S. The molecule has 0 unspecified atom stereocenters. The molecule has 0 aliphatic rings. The molecule has 2 heterocycles. The lowest BCUT2D eigenvalue weighted by Crippen LogP contribution is -2.30. The van der Waals surface area contributed by atoms with Crippen molar-refractivity contribution in [3.63, 3.8) is 0 Å². The summed E-state index contributed by atoms with van der Waals surface area (Å²) in [5.41, 5.74) is 1.29. The van der Waals surface area contributed by atoms with Crippen LogP contribution in [-0.4, -0.2) is 40.4 Å². The summed E-state index contributed by atoms with van der Waals surface area (Å²) >= 11 is 1.54. The highest BCUT2D eigenvalue weighted by atomic mass is 32.1. The number of pyridine rings is 1. The van der Waals surface area contributed by atoms with Crippen LogP contribution in [-0.2, 0) is 16.1 Å². The molecule has 0 spiro atoms. The number of rotatable bonds is 5. The van der Waals surface area contributed by atoms with Gasteiger partial charge >= 0.3 is 5.97 Å². The van der Waals surface area contributed by atoms with E-state index in [1.54, 1.807) is 18.4 Å². The van der Waals surface area contributed by atoms with Crippen molar-refractivity contribution in [3.8, 4) is 0 Å². The van der Waals surface area contributed by atoms with Crippen molar-refractivity contribution in [3.05, 3.63) is 59.4 Å². The van der Waals surface area contributed by atoms with Crippen LogP contribution in [0.25, 0.3) is 10.2 Å². The van der Waals surface area contributed by atoms with Gasteiger partial charge in [0.15, 0.2) is 6.61 Å². The van der Waals surface area contributed by atoms with Gasteiger partial charge in [0.2, 0.25) is 0 Å². The predicted molar refractivity (Wildman–Crippen MR) is 90.6 cm³/mol. The van der Waals surface area contributed by atoms with Gasteiger partial charge in [0.05, 0.1) is 22.3 Å². The topological polar surface area (TPSA) is 72.4 Å². The Balaban J connectivity index is 1.55. The molecule has 0 aliphatic heterocycles. The number of nitrogens with zero attached hydrogens (tertiary/aromatic N) is 3. The van der Waals surface area contributed by atoms with Gasteiger partial charge in [0.1, 0.15) is 5.01 Å². The van der Waals surface area contributed by atoms with Crippen molar-refractivity contribution in [2.24, 2.45) is 0 Å². The Morgan fingerprint density at radius 1 is 1.17 bits per heavy atom. The van der Waals surface area contributed by atoms with Crippen LogP contribution >= 0.6 is 11.3 Å². The zero-order valence-electron chi connectivity index (χ0n) is 13.0. The predicted octanol–water partition coefficient (Wildman–Crippen LogP) is 2.51. The maximum Gasteiger partial charge on any atom is 0.338 e. The first kappa shape index (κ1) is 16.1. The Kier molecular flexibility index (Phi) is 4.81. The molecule has 1 aromatic carbocycles. The van der Waals surface area contributed by atoms with E-state index in [0.717, 1.165) is 15.2 Å². The highest BCUT2D eigenvalue weighted by Gasteiger charge is 2.15. The Labute approximate surface area is 142 Å². The molecule has 1 amide bonds. The van der Waals surface area contributed by atoms with Crippen molar-refractivity contribution in [2.45, 2.75) is 6.54 Å². The molecule has 0 saturated carbocycles. The third-order valence-electron chi connectivity index (χ3n) is 3.38. The highest BCUT2D eigenvalue weighted by molar-refractivity contribution is 7.18. The molecule has 0 fully saturated rings. The molecule has 0 saturated heterocycles. The number of aromatic nitrogens is 2. The molecule has 2 aromatic heterocycles. The lowest BCUT2D eigenvalue weighted by Gasteiger charge is -2.15. The first-order valence-corrected chi connectivity index (χ1v) is 8.10. The molecule has 122 valence electrons. The van der Waals surface area contributed by atoms with Crippen LogP contribution in [0.5, 0.6) is 0 Å². The third-order valence-corrected chi connectivity index (χ3v) is 4.40. The van der Waals surface area contributed by atoms with Crippen molar-refractivity contribution >= 4 is 33.4 Å². The van der Waals surface area contributed by atoms with E-state index in [1.165, 1.54) is 29.4 Å². The van der Waals surface area contributed by atoms with Crippen molar-refractivity contribution < 1.29 is 14.3 Å². The Morgan fingerprint density at radius 3 is 2.67 bits per heavy atom. The van der Waals surface area contributed by atoms with Gasteiger partial charge in [-0.3, -0.25) is 9.78 Å². The average Bonchev–Trinajstić information content (AvgIpc) is 3.02. The van der Waals surface area contributed by atoms with Crippen molar-refractivity contribution in [2.75, 3.05) is 13.7 Å². The summed E-state index contributed by atoms with van der Waals surface area (Å²) in [5, 5.41) is 0.840. The number of esters is 1. The number of ether oxygens (including phenoxy) is 1. The minimum atomic E-state index is -0.542. The minimum Gasteiger partial charge on any atom is -0.452 e. The Morgan fingerprint density at radius 2 is 1.92 bits per heavy atom. The largest absolute Gasteiger partial charge is 0.452 e. The van der Waals surface area contributed by atoms with Gasteiger partial charge in [-0.2, -0.15) is 0 Å². The van der Waals surface area contributed by atoms with Crippen LogP contribution in [0.15, 0.2) is 48.8 Å². The van der Waals surface area contributed by atoms with E-state index in [-0.39, 0.29) is 12.5 Å². The van der Waals surface area contributed by atoms with Gasteiger partial charge < -0.3 is 9.64 Å². The van der Waals surface area contributed by atoms with Gasteiger partial charge in [0, 0.05) is 19.4 Å². The summed E-state index contributed by atoms with van der Waals surface area (Å²) < 4.78 is 6.11. The molecule has 3 rings (SSSR count). The molecule has 24 heavy (non-hydrogen) atoms. The van der Waals surface area contributed by atoms with Crippen LogP contribution in [0, 0.1) is 0 Å². The van der Waals surface area contributed by atoms with E-state index in [1.807, 2.05) is 24.3 Å². The number of benzene rings is 1. The number of hydrogen-bond acceptors (Lipinski definition) is 6. The zero-order valence-corrected chi connectivity index (χ0v) is 13.8. The van der Waals surface area contributed by atoms with Gasteiger partial charge in [-0.15, -0.1) is 11.3 Å². The monoisotopic (exact) mass is 341 g/mol. The van der Waals surface area contributed by atoms with Gasteiger partial charge in [0.25, 0.3) is 5.91 Å². The van der Waals surface area contributed by atoms with Crippen LogP contribution in [0.1, 0.15) is 15.4 Å². The summed E-state index contributed by atoms with van der Waals surface area (Å²) in [6.07, 6.45) is 3.00. The van der Waals surface area contributed by atoms with E-state index in [0.29, 0.717) is 12.1 Å². The van der Waals surface area contributed by atoms with E-state index >= 15 is 0 Å². The molecule has 0 radical (unpaired) electrons. The fraction of sp³-hybridized carbons (Fsp3) is 0.176. The summed E-state index contributed by atoms with van der Waals surface area (Å²) in [6.45, 7) is 0.0769. The first-order valence-electron chi connectivity index (χ1n) is 7.29. The van der Waals surface area contributed by atoms with E-state index in [9.17, 15) is 9.59 Å². The van der Waals surface area contributed by atoms with Crippen LogP contribution in [0.4, 0.5) is 0 Å². The number of hydrogen-bond donors (Lipinski definition) is 0. The van der Waals surface area contributed by atoms with Crippen LogP contribution < -0.4 is 0 Å². The second kappa shape index (κ2) is 7.18. The quantitative estimate of drug-likeness (QED) is 0.667. The number of thiazole rings is 1. The fourth-order valence-electron chi connectivity index (χ4n) is 2.09. The number of likely N-dealkylation sites (N-methyl/N-ethyl adjacent to an activating group) is 1. The lowest BCUT2D eigenvalue weighted by atomic mass is 10.3. The number of fused-ring (bicyclic) bond motifs is 1. The molecule has 7 heteroatoms. The number of para-hydroxylation sites is 1. The normalized spacial score (nSPS) is 10.5. The number of carbonyl (C=O) groups is 2. The standard InChI is InChI=1S/C17H15N3O3S/c1-20(10-15-19-13-4-2-3-5-14(13)24-15)16(21)11-23-17(22)12-6-8-18-9-7-12/h2-9H,10-11H2,1H3. The summed E-state index contributed by atoms with van der Waals surface area (Å²) in [4.78, 5) is 33.7. The third kappa shape index (κ3) is 3.75. The van der Waals surface area contributed by atoms with Crippen LogP contribution in [0.2, 0.25) is 0 Å². The van der Waals surface area contributed by atoms with Crippen LogP contribution in [0.3, 0.4) is 0 Å². The highest BCUT2D eigenvalue weighted by Crippen LogP contribution is 2.22. The molecule has 0 aliphatic carbocycles. The summed E-state index contributed by atoms with van der Waals surface area (Å²) in [5.74, 6) is -0.823. The maximum atomic E-state index is 12.1. The first-order chi connectivity index (χ1) is 11.6. The number of carbonyl (C=O) groups excluding carboxylic acids is 2. The molecule has 3 aromatic rings. The average molecular weight is 341 g/mol. The van der Waals surface area contributed by atoms with Gasteiger partial charge in [-0.1, -0.05) is 12.1 Å². The molecule has 6 nitrogen and oxygen atoms in total. The summed E-state index contributed by atoms with van der Waals surface area (Å²) in [6, 6.07) is 10.9. The fourth-order valence-corrected chi connectivity index (χ4v) is 3.11. The SMILES string of the molecule is CN(Cc1nc2ccccc2s1)C(=O)COC(=O)c1ccncc1. The van der Waals surface area contributed by atoms with E-state index < -0.39 is 5.97 Å². The van der Waals surface area contributed by atoms with Gasteiger partial charge in [-0.25, -0.2) is 9.78 Å². The van der Waals surface area contributed by atoms with E-state index in [4.69, 9.17) is 4.74 Å². The summed E-state index contributed by atoms with van der Waals surface area (Å²) in [7, 11) is 1.66. The maximum absolute atomic E-state index is 12.1. The van der Waals surface area contributed by atoms with Crippen molar-refractivity contribution in [1.29, 1.82) is 0 Å². The second-order valence-corrected chi connectivity index (χ2v) is 6.25. The van der Waals surface area contributed by atoms with Gasteiger partial charge in [-0.05, 0) is 24.3 Å². The molecular weight excluding hydrogens is 326 g/mol. The Hall–Kier alpha value is -2.80. The zero-order chi connectivity index (χ0) is 16.9. The van der Waals surface area contributed by atoms with E-state index in [2.05, 4.69) is 9.97 Å². The second-order valence-electron chi connectivity index (χ2n) is 5.14. The lowest BCUT2D eigenvalue weighted by molar-refractivity contribution is -0.133. The molecule has 0 N–H and O–H groups in total.